The molecule has 0 aliphatic carbocycles. The van der Waals surface area contributed by atoms with Crippen LogP contribution in [0.25, 0.3) is 11.1 Å². The van der Waals surface area contributed by atoms with E-state index in [9.17, 15) is 4.79 Å². The number of piperidine rings is 1. The average molecular weight is 377 g/mol. The molecule has 0 unspecified atom stereocenters. The zero-order valence-corrected chi connectivity index (χ0v) is 15.7. The molecular formula is C19H25ClN4O2. The molecule has 140 valence electrons. The number of aromatic nitrogens is 1. The summed E-state index contributed by atoms with van der Waals surface area (Å²) >= 11 is 6.00. The van der Waals surface area contributed by atoms with Crippen molar-refractivity contribution in [1.29, 1.82) is 0 Å². The van der Waals surface area contributed by atoms with E-state index in [-0.39, 0.29) is 11.8 Å². The first-order chi connectivity index (χ1) is 12.7. The molecule has 7 heteroatoms. The molecule has 0 saturated carbocycles. The summed E-state index contributed by atoms with van der Waals surface area (Å²) < 4.78 is 5.83. The number of nitrogens with zero attached hydrogens (tertiary/aromatic N) is 3. The Morgan fingerprint density at radius 2 is 2.00 bits per heavy atom. The predicted molar refractivity (Wildman–Crippen MR) is 103 cm³/mol. The third-order valence-electron chi connectivity index (χ3n) is 5.40. The Kier molecular flexibility index (Phi) is 5.31. The summed E-state index contributed by atoms with van der Waals surface area (Å²) in [6, 6.07) is 6.09. The molecule has 3 heterocycles. The molecule has 4 rings (SSSR count). The maximum atomic E-state index is 12.4. The number of hydrogen-bond donors (Lipinski definition) is 1. The Bertz CT molecular complexity index is 764. The Hall–Kier alpha value is -1.79. The van der Waals surface area contributed by atoms with Crippen LogP contribution in [0.15, 0.2) is 22.6 Å². The van der Waals surface area contributed by atoms with Crippen molar-refractivity contribution < 1.29 is 9.21 Å². The lowest BCUT2D eigenvalue weighted by molar-refractivity contribution is -0.125. The van der Waals surface area contributed by atoms with E-state index in [4.69, 9.17) is 16.0 Å². The number of fused-ring (bicyclic) bond motifs is 1. The molecule has 26 heavy (non-hydrogen) atoms. The number of carbonyl (C=O) groups excluding carboxylic acids is 1. The fraction of sp³-hybridized carbons (Fsp3) is 0.579. The Morgan fingerprint density at radius 3 is 2.77 bits per heavy atom. The van der Waals surface area contributed by atoms with Gasteiger partial charge in [-0.25, -0.2) is 0 Å². The fourth-order valence-corrected chi connectivity index (χ4v) is 4.00. The number of rotatable bonds is 5. The number of likely N-dealkylation sites (tertiary alicyclic amines) is 1. The van der Waals surface area contributed by atoms with Gasteiger partial charge in [-0.05, 0) is 50.9 Å². The van der Waals surface area contributed by atoms with Crippen molar-refractivity contribution in [1.82, 2.24) is 15.2 Å². The van der Waals surface area contributed by atoms with Gasteiger partial charge in [-0.2, -0.15) is 4.98 Å². The Labute approximate surface area is 158 Å². The van der Waals surface area contributed by atoms with Crippen LogP contribution in [0, 0.1) is 5.92 Å². The highest BCUT2D eigenvalue weighted by Crippen LogP contribution is 2.28. The Balaban J connectivity index is 1.26. The summed E-state index contributed by atoms with van der Waals surface area (Å²) in [5.74, 6) is 0.275. The van der Waals surface area contributed by atoms with Crippen molar-refractivity contribution in [3.63, 3.8) is 0 Å². The number of nitrogens with one attached hydrogen (secondary N) is 1. The lowest BCUT2D eigenvalue weighted by Crippen LogP contribution is -2.42. The number of anilines is 1. The molecule has 2 aromatic rings. The van der Waals surface area contributed by atoms with Gasteiger partial charge in [-0.15, -0.1) is 0 Å². The van der Waals surface area contributed by atoms with Crippen molar-refractivity contribution in [2.24, 2.45) is 5.92 Å². The van der Waals surface area contributed by atoms with Crippen LogP contribution in [0.5, 0.6) is 0 Å². The first kappa shape index (κ1) is 17.6. The van der Waals surface area contributed by atoms with Crippen LogP contribution in [0.2, 0.25) is 5.02 Å². The van der Waals surface area contributed by atoms with Gasteiger partial charge in [-0.3, -0.25) is 4.79 Å². The second kappa shape index (κ2) is 7.84. The van der Waals surface area contributed by atoms with Gasteiger partial charge in [0.05, 0.1) is 0 Å². The molecule has 1 aromatic carbocycles. The van der Waals surface area contributed by atoms with E-state index in [1.807, 2.05) is 12.1 Å². The van der Waals surface area contributed by atoms with Gasteiger partial charge in [0, 0.05) is 43.2 Å². The summed E-state index contributed by atoms with van der Waals surface area (Å²) in [5.41, 5.74) is 1.51. The van der Waals surface area contributed by atoms with Gasteiger partial charge in [-0.1, -0.05) is 11.6 Å². The highest BCUT2D eigenvalue weighted by Gasteiger charge is 2.27. The van der Waals surface area contributed by atoms with Crippen molar-refractivity contribution in [2.75, 3.05) is 44.2 Å². The molecule has 2 fully saturated rings. The Morgan fingerprint density at radius 1 is 1.23 bits per heavy atom. The van der Waals surface area contributed by atoms with Gasteiger partial charge in [0.15, 0.2) is 5.58 Å². The van der Waals surface area contributed by atoms with E-state index in [1.165, 1.54) is 25.9 Å². The molecule has 0 atom stereocenters. The van der Waals surface area contributed by atoms with Crippen molar-refractivity contribution in [3.8, 4) is 0 Å². The smallest absolute Gasteiger partial charge is 0.298 e. The first-order valence-corrected chi connectivity index (χ1v) is 9.88. The van der Waals surface area contributed by atoms with Crippen LogP contribution in [-0.2, 0) is 4.79 Å². The summed E-state index contributed by atoms with van der Waals surface area (Å²) in [6.45, 7) is 5.63. The van der Waals surface area contributed by atoms with Crippen LogP contribution in [0.3, 0.4) is 0 Å². The lowest BCUT2D eigenvalue weighted by Gasteiger charge is -2.30. The van der Waals surface area contributed by atoms with E-state index >= 15 is 0 Å². The maximum absolute atomic E-state index is 12.4. The monoisotopic (exact) mass is 376 g/mol. The quantitative estimate of drug-likeness (QED) is 0.869. The summed E-state index contributed by atoms with van der Waals surface area (Å²) in [4.78, 5) is 21.5. The van der Waals surface area contributed by atoms with Crippen LogP contribution >= 0.6 is 11.6 Å². The zero-order chi connectivity index (χ0) is 17.9. The molecule has 1 N–H and O–H groups in total. The van der Waals surface area contributed by atoms with E-state index < -0.39 is 0 Å². The molecule has 2 aliphatic rings. The van der Waals surface area contributed by atoms with E-state index in [1.54, 1.807) is 6.07 Å². The topological polar surface area (TPSA) is 61.6 Å². The summed E-state index contributed by atoms with van der Waals surface area (Å²) in [7, 11) is 0. The standard InChI is InChI=1S/C19H25ClN4O2/c20-15-3-4-16-17(13-15)26-19(22-16)24-10-5-14(6-11-24)18(25)21-7-12-23-8-1-2-9-23/h3-4,13-14H,1-2,5-12H2,(H,21,25). The number of halogens is 1. The molecule has 6 nitrogen and oxygen atoms in total. The maximum Gasteiger partial charge on any atom is 0.298 e. The molecule has 2 saturated heterocycles. The number of benzene rings is 1. The van der Waals surface area contributed by atoms with Gasteiger partial charge in [0.25, 0.3) is 6.01 Å². The minimum atomic E-state index is 0.0867. The van der Waals surface area contributed by atoms with Gasteiger partial charge >= 0.3 is 0 Å². The first-order valence-electron chi connectivity index (χ1n) is 9.50. The van der Waals surface area contributed by atoms with Gasteiger partial charge in [0.1, 0.15) is 5.52 Å². The van der Waals surface area contributed by atoms with E-state index in [2.05, 4.69) is 20.1 Å². The molecule has 0 radical (unpaired) electrons. The SMILES string of the molecule is O=C(NCCN1CCCC1)C1CCN(c2nc3ccc(Cl)cc3o2)CC1. The number of oxazole rings is 1. The minimum Gasteiger partial charge on any atom is -0.423 e. The van der Waals surface area contributed by atoms with E-state index in [0.29, 0.717) is 16.6 Å². The van der Waals surface area contributed by atoms with Crippen molar-refractivity contribution in [2.45, 2.75) is 25.7 Å². The lowest BCUT2D eigenvalue weighted by atomic mass is 9.96. The van der Waals surface area contributed by atoms with Gasteiger partial charge < -0.3 is 19.5 Å². The summed E-state index contributed by atoms with van der Waals surface area (Å²) in [6.07, 6.45) is 4.23. The van der Waals surface area contributed by atoms with E-state index in [0.717, 1.165) is 44.5 Å². The van der Waals surface area contributed by atoms with Gasteiger partial charge in [0.2, 0.25) is 5.91 Å². The second-order valence-electron chi connectivity index (χ2n) is 7.21. The highest BCUT2D eigenvalue weighted by molar-refractivity contribution is 6.31. The van der Waals surface area contributed by atoms with Crippen LogP contribution < -0.4 is 10.2 Å². The zero-order valence-electron chi connectivity index (χ0n) is 14.9. The van der Waals surface area contributed by atoms with Crippen molar-refractivity contribution in [3.05, 3.63) is 23.2 Å². The molecule has 0 spiro atoms. The normalized spacial score (nSPS) is 19.3. The molecule has 1 aromatic heterocycles. The minimum absolute atomic E-state index is 0.0867. The largest absolute Gasteiger partial charge is 0.423 e. The third kappa shape index (κ3) is 3.96. The number of amides is 1. The van der Waals surface area contributed by atoms with Crippen LogP contribution in [-0.4, -0.2) is 55.1 Å². The predicted octanol–water partition coefficient (Wildman–Crippen LogP) is 2.91. The molecular weight excluding hydrogens is 352 g/mol. The summed E-state index contributed by atoms with van der Waals surface area (Å²) in [5, 5.41) is 3.75. The third-order valence-corrected chi connectivity index (χ3v) is 5.64. The number of hydrogen-bond acceptors (Lipinski definition) is 5. The molecule has 1 amide bonds. The molecule has 2 aliphatic heterocycles. The highest BCUT2D eigenvalue weighted by atomic mass is 35.5. The molecule has 0 bridgehead atoms. The van der Waals surface area contributed by atoms with Crippen molar-refractivity contribution >= 4 is 34.6 Å². The van der Waals surface area contributed by atoms with Crippen LogP contribution in [0.1, 0.15) is 25.7 Å². The van der Waals surface area contributed by atoms with Crippen LogP contribution in [0.4, 0.5) is 6.01 Å². The fourth-order valence-electron chi connectivity index (χ4n) is 3.84. The average Bonchev–Trinajstić information content (AvgIpc) is 3.31. The number of carbonyl (C=O) groups is 1. The second-order valence-corrected chi connectivity index (χ2v) is 7.65.